The molecule has 0 amide bonds. The summed E-state index contributed by atoms with van der Waals surface area (Å²) >= 11 is 2.03. The lowest BCUT2D eigenvalue weighted by Gasteiger charge is -2.16. The van der Waals surface area contributed by atoms with Gasteiger partial charge in [-0.15, -0.1) is 23.2 Å². The van der Waals surface area contributed by atoms with Crippen molar-refractivity contribution in [2.45, 2.75) is 58.4 Å². The first-order valence-electron chi connectivity index (χ1n) is 7.09. The molecular formula is C16H23NS. The van der Waals surface area contributed by atoms with E-state index in [0.717, 1.165) is 19.4 Å². The molecule has 0 saturated carbocycles. The van der Waals surface area contributed by atoms with E-state index in [0.29, 0.717) is 6.04 Å². The van der Waals surface area contributed by atoms with E-state index in [1.807, 2.05) is 18.3 Å². The molecule has 2 heteroatoms. The van der Waals surface area contributed by atoms with Crippen LogP contribution in [0.1, 0.15) is 60.9 Å². The van der Waals surface area contributed by atoms with Crippen molar-refractivity contribution in [3.05, 3.63) is 21.4 Å². The maximum Gasteiger partial charge on any atom is 0.0424 e. The number of hydrogen-bond donors (Lipinski definition) is 1. The summed E-state index contributed by atoms with van der Waals surface area (Å²) in [5, 5.41) is 3.68. The van der Waals surface area contributed by atoms with Gasteiger partial charge < -0.3 is 5.32 Å². The van der Waals surface area contributed by atoms with Crippen molar-refractivity contribution in [1.82, 2.24) is 5.32 Å². The Labute approximate surface area is 115 Å². The Balaban J connectivity index is 2.02. The summed E-state index contributed by atoms with van der Waals surface area (Å²) in [6, 6.07) is 2.96. The largest absolute Gasteiger partial charge is 0.309 e. The zero-order valence-electron chi connectivity index (χ0n) is 11.5. The van der Waals surface area contributed by atoms with Crippen molar-refractivity contribution in [2.75, 3.05) is 6.54 Å². The zero-order chi connectivity index (χ0) is 12.8. The van der Waals surface area contributed by atoms with Gasteiger partial charge in [0.1, 0.15) is 0 Å². The summed E-state index contributed by atoms with van der Waals surface area (Å²) in [6.07, 6.45) is 7.29. The third-order valence-corrected chi connectivity index (χ3v) is 4.84. The number of fused-ring (bicyclic) bond motifs is 1. The molecule has 1 heterocycles. The van der Waals surface area contributed by atoms with Crippen LogP contribution in [0.25, 0.3) is 0 Å². The molecule has 1 aromatic heterocycles. The highest BCUT2D eigenvalue weighted by Gasteiger charge is 2.19. The number of thiophene rings is 1. The first kappa shape index (κ1) is 13.6. The van der Waals surface area contributed by atoms with Gasteiger partial charge in [0.25, 0.3) is 0 Å². The summed E-state index contributed by atoms with van der Waals surface area (Å²) in [4.78, 5) is 3.17. The first-order valence-corrected chi connectivity index (χ1v) is 7.91. The molecule has 1 atom stereocenters. The Kier molecular flexibility index (Phi) is 5.28. The van der Waals surface area contributed by atoms with E-state index in [1.165, 1.54) is 30.6 Å². The molecule has 0 fully saturated rings. The second kappa shape index (κ2) is 6.97. The third kappa shape index (κ3) is 3.37. The van der Waals surface area contributed by atoms with E-state index in [9.17, 15) is 0 Å². The van der Waals surface area contributed by atoms with Gasteiger partial charge in [0, 0.05) is 22.2 Å². The van der Waals surface area contributed by atoms with Gasteiger partial charge in [-0.25, -0.2) is 0 Å². The molecule has 0 bridgehead atoms. The fraction of sp³-hybridized carbons (Fsp3) is 0.625. The van der Waals surface area contributed by atoms with Gasteiger partial charge in [0.2, 0.25) is 0 Å². The van der Waals surface area contributed by atoms with Gasteiger partial charge >= 0.3 is 0 Å². The van der Waals surface area contributed by atoms with Gasteiger partial charge in [0.15, 0.2) is 0 Å². The van der Waals surface area contributed by atoms with Crippen molar-refractivity contribution in [3.8, 4) is 11.8 Å². The topological polar surface area (TPSA) is 12.0 Å². The van der Waals surface area contributed by atoms with Crippen LogP contribution in [0.4, 0.5) is 0 Å². The molecule has 1 N–H and O–H groups in total. The van der Waals surface area contributed by atoms with Crippen LogP contribution in [-0.4, -0.2) is 6.54 Å². The van der Waals surface area contributed by atoms with E-state index in [1.54, 1.807) is 10.4 Å². The highest BCUT2D eigenvalue weighted by molar-refractivity contribution is 7.12. The molecule has 0 spiro atoms. The first-order chi connectivity index (χ1) is 8.85. The summed E-state index contributed by atoms with van der Waals surface area (Å²) in [7, 11) is 0. The van der Waals surface area contributed by atoms with Gasteiger partial charge in [-0.2, -0.15) is 0 Å². The molecule has 1 aromatic rings. The van der Waals surface area contributed by atoms with E-state index in [-0.39, 0.29) is 0 Å². The lowest BCUT2D eigenvalue weighted by atomic mass is 10.1. The molecule has 1 unspecified atom stereocenters. The smallest absolute Gasteiger partial charge is 0.0424 e. The summed E-state index contributed by atoms with van der Waals surface area (Å²) in [5.41, 5.74) is 1.61. The normalized spacial score (nSPS) is 15.0. The Bertz CT molecular complexity index is 414. The van der Waals surface area contributed by atoms with Gasteiger partial charge in [0.05, 0.1) is 0 Å². The lowest BCUT2D eigenvalue weighted by molar-refractivity contribution is 0.512. The van der Waals surface area contributed by atoms with Crippen molar-refractivity contribution >= 4 is 11.3 Å². The van der Waals surface area contributed by atoms with Crippen LogP contribution < -0.4 is 5.32 Å². The highest BCUT2D eigenvalue weighted by atomic mass is 32.1. The van der Waals surface area contributed by atoms with Crippen LogP contribution >= 0.6 is 11.3 Å². The number of nitrogens with one attached hydrogen (secondary N) is 1. The zero-order valence-corrected chi connectivity index (χ0v) is 12.3. The van der Waals surface area contributed by atoms with Crippen LogP contribution in [0, 0.1) is 11.8 Å². The molecule has 2 rings (SSSR count). The second-order valence-corrected chi connectivity index (χ2v) is 6.09. The number of rotatable bonds is 6. The van der Waals surface area contributed by atoms with Crippen molar-refractivity contribution in [1.29, 1.82) is 0 Å². The molecule has 1 aliphatic carbocycles. The van der Waals surface area contributed by atoms with Crippen LogP contribution in [0.15, 0.2) is 6.07 Å². The summed E-state index contributed by atoms with van der Waals surface area (Å²) < 4.78 is 0. The highest BCUT2D eigenvalue weighted by Crippen LogP contribution is 2.35. The van der Waals surface area contributed by atoms with Crippen molar-refractivity contribution < 1.29 is 0 Å². The van der Waals surface area contributed by atoms with Crippen LogP contribution in [0.3, 0.4) is 0 Å². The monoisotopic (exact) mass is 261 g/mol. The number of hydrogen-bond acceptors (Lipinski definition) is 2. The average Bonchev–Trinajstić information content (AvgIpc) is 2.94. The molecule has 1 aliphatic rings. The van der Waals surface area contributed by atoms with Gasteiger partial charge in [-0.1, -0.05) is 6.92 Å². The molecule has 98 valence electrons. The predicted molar refractivity (Wildman–Crippen MR) is 80.1 cm³/mol. The Hall–Kier alpha value is -0.780. The van der Waals surface area contributed by atoms with E-state index < -0.39 is 0 Å². The average molecular weight is 261 g/mol. The standard InChI is InChI=1S/C16H23NS/c1-3-5-6-9-14(17-11-4-2)16-12-13-8-7-10-15(13)18-16/h12,14,17H,4,6-11H2,1-2H3. The van der Waals surface area contributed by atoms with Crippen LogP contribution in [0.5, 0.6) is 0 Å². The SMILES string of the molecule is CC#CCCC(NCCC)c1cc2c(s1)CCC2. The molecule has 18 heavy (non-hydrogen) atoms. The van der Waals surface area contributed by atoms with Gasteiger partial charge in [-0.3, -0.25) is 0 Å². The van der Waals surface area contributed by atoms with E-state index >= 15 is 0 Å². The summed E-state index contributed by atoms with van der Waals surface area (Å²) in [6.45, 7) is 5.26. The fourth-order valence-corrected chi connectivity index (χ4v) is 3.90. The molecular weight excluding hydrogens is 238 g/mol. The van der Waals surface area contributed by atoms with Crippen LogP contribution in [-0.2, 0) is 12.8 Å². The third-order valence-electron chi connectivity index (χ3n) is 3.48. The lowest BCUT2D eigenvalue weighted by Crippen LogP contribution is -2.21. The summed E-state index contributed by atoms with van der Waals surface area (Å²) in [5.74, 6) is 6.18. The van der Waals surface area contributed by atoms with Gasteiger partial charge in [-0.05, 0) is 57.2 Å². The van der Waals surface area contributed by atoms with Crippen molar-refractivity contribution in [3.63, 3.8) is 0 Å². The molecule has 0 radical (unpaired) electrons. The molecule has 0 saturated heterocycles. The molecule has 1 nitrogen and oxygen atoms in total. The van der Waals surface area contributed by atoms with E-state index in [4.69, 9.17) is 0 Å². The van der Waals surface area contributed by atoms with Crippen LogP contribution in [0.2, 0.25) is 0 Å². The fourth-order valence-electron chi connectivity index (χ4n) is 2.53. The second-order valence-electron chi connectivity index (χ2n) is 4.92. The quantitative estimate of drug-likeness (QED) is 0.761. The molecule has 0 aromatic carbocycles. The Morgan fingerprint density at radius 1 is 1.44 bits per heavy atom. The minimum absolute atomic E-state index is 0.515. The maximum absolute atomic E-state index is 3.68. The Morgan fingerprint density at radius 3 is 3.06 bits per heavy atom. The minimum atomic E-state index is 0.515. The van der Waals surface area contributed by atoms with E-state index in [2.05, 4.69) is 30.1 Å². The number of aryl methyl sites for hydroxylation is 2. The van der Waals surface area contributed by atoms with Crippen molar-refractivity contribution in [2.24, 2.45) is 0 Å². The molecule has 0 aliphatic heterocycles. The maximum atomic E-state index is 3.68. The Morgan fingerprint density at radius 2 is 2.33 bits per heavy atom. The predicted octanol–water partition coefficient (Wildman–Crippen LogP) is 4.08. The minimum Gasteiger partial charge on any atom is -0.309 e.